The van der Waals surface area contributed by atoms with E-state index >= 15 is 0 Å². The van der Waals surface area contributed by atoms with Crippen molar-refractivity contribution in [2.24, 2.45) is 5.41 Å². The van der Waals surface area contributed by atoms with Gasteiger partial charge in [-0.25, -0.2) is 0 Å². The monoisotopic (exact) mass is 258 g/mol. The van der Waals surface area contributed by atoms with Gasteiger partial charge in [-0.1, -0.05) is 40.4 Å². The van der Waals surface area contributed by atoms with Crippen LogP contribution in [0.2, 0.25) is 19.6 Å². The van der Waals surface area contributed by atoms with Gasteiger partial charge in [0.05, 0.1) is 21.3 Å². The molecule has 0 spiro atoms. The summed E-state index contributed by atoms with van der Waals surface area (Å²) < 4.78 is 11.5. The van der Waals surface area contributed by atoms with Crippen molar-refractivity contribution < 1.29 is 9.47 Å². The van der Waals surface area contributed by atoms with E-state index in [1.54, 1.807) is 0 Å². The zero-order valence-corrected chi connectivity index (χ0v) is 13.9. The van der Waals surface area contributed by atoms with E-state index < -0.39 is 8.07 Å². The molecule has 0 aromatic rings. The summed E-state index contributed by atoms with van der Waals surface area (Å²) in [6.07, 6.45) is 1.11. The molecule has 102 valence electrons. The molecule has 0 fully saturated rings. The van der Waals surface area contributed by atoms with Crippen molar-refractivity contribution in [3.05, 3.63) is 11.1 Å². The second-order valence-corrected chi connectivity index (χ2v) is 11.0. The van der Waals surface area contributed by atoms with Gasteiger partial charge < -0.3 is 9.47 Å². The van der Waals surface area contributed by atoms with Crippen LogP contribution in [0.3, 0.4) is 0 Å². The van der Waals surface area contributed by atoms with Crippen molar-refractivity contribution in [3.8, 4) is 0 Å². The van der Waals surface area contributed by atoms with E-state index in [1.807, 2.05) is 13.8 Å². The fourth-order valence-corrected chi connectivity index (χ4v) is 5.19. The molecule has 0 aliphatic heterocycles. The third kappa shape index (κ3) is 4.74. The average molecular weight is 258 g/mol. The lowest BCUT2D eigenvalue weighted by Gasteiger charge is -2.36. The Morgan fingerprint density at radius 3 is 1.59 bits per heavy atom. The number of allylic oxidation sites excluding steroid dienone is 1. The largest absolute Gasteiger partial charge is 0.466 e. The molecule has 0 aliphatic rings. The van der Waals surface area contributed by atoms with Crippen LogP contribution in [-0.4, -0.2) is 21.3 Å². The van der Waals surface area contributed by atoms with Gasteiger partial charge in [0.15, 0.2) is 0 Å². The van der Waals surface area contributed by atoms with Crippen molar-refractivity contribution in [1.82, 2.24) is 0 Å². The molecule has 17 heavy (non-hydrogen) atoms. The molecule has 0 unspecified atom stereocenters. The van der Waals surface area contributed by atoms with Crippen LogP contribution < -0.4 is 0 Å². The number of hydrogen-bond acceptors (Lipinski definition) is 2. The second kappa shape index (κ2) is 6.48. The third-order valence-electron chi connectivity index (χ3n) is 3.07. The van der Waals surface area contributed by atoms with Gasteiger partial charge in [-0.05, 0) is 25.7 Å². The summed E-state index contributed by atoms with van der Waals surface area (Å²) in [5.41, 5.74) is 0.157. The Kier molecular flexibility index (Phi) is 6.31. The maximum atomic E-state index is 5.75. The van der Waals surface area contributed by atoms with Crippen molar-refractivity contribution in [2.45, 2.75) is 60.7 Å². The fraction of sp³-hybridized carbons (Fsp3) is 0.857. The Bertz CT molecular complexity index is 254. The van der Waals surface area contributed by atoms with E-state index in [0.717, 1.165) is 12.4 Å². The maximum Gasteiger partial charge on any atom is 0.274 e. The molecule has 0 atom stereocenters. The minimum atomic E-state index is -1.45. The van der Waals surface area contributed by atoms with Crippen LogP contribution >= 0.6 is 0 Å². The van der Waals surface area contributed by atoms with E-state index in [2.05, 4.69) is 40.4 Å². The number of ether oxygens (including phenoxy) is 2. The molecule has 0 bridgehead atoms. The smallest absolute Gasteiger partial charge is 0.274 e. The minimum absolute atomic E-state index is 0.157. The molecule has 2 nitrogen and oxygen atoms in total. The van der Waals surface area contributed by atoms with Gasteiger partial charge in [-0.3, -0.25) is 0 Å². The van der Waals surface area contributed by atoms with Crippen LogP contribution in [0.15, 0.2) is 11.1 Å². The zero-order chi connectivity index (χ0) is 13.7. The van der Waals surface area contributed by atoms with Crippen molar-refractivity contribution in [3.63, 3.8) is 0 Å². The Hall–Kier alpha value is -0.443. The molecule has 3 heteroatoms. The lowest BCUT2D eigenvalue weighted by molar-refractivity contribution is 0.0397. The molecule has 0 N–H and O–H groups in total. The normalized spacial score (nSPS) is 12.2. The summed E-state index contributed by atoms with van der Waals surface area (Å²) in [6.45, 7) is 19.3. The summed E-state index contributed by atoms with van der Waals surface area (Å²) in [6, 6.07) is 0. The van der Waals surface area contributed by atoms with Crippen LogP contribution in [0.25, 0.3) is 0 Å². The van der Waals surface area contributed by atoms with Gasteiger partial charge in [-0.15, -0.1) is 0 Å². The van der Waals surface area contributed by atoms with Gasteiger partial charge >= 0.3 is 0 Å². The highest BCUT2D eigenvalue weighted by atomic mass is 28.3. The first-order valence-corrected chi connectivity index (χ1v) is 10.2. The van der Waals surface area contributed by atoms with Crippen molar-refractivity contribution >= 4 is 8.07 Å². The SMILES string of the molecule is CCOC(OCC)=C(C(C)(C)CC)[Si](C)(C)C. The predicted octanol–water partition coefficient (Wildman–Crippen LogP) is 4.58. The number of rotatable bonds is 7. The van der Waals surface area contributed by atoms with Gasteiger partial charge in [0.1, 0.15) is 0 Å². The highest BCUT2D eigenvalue weighted by Crippen LogP contribution is 2.39. The first-order chi connectivity index (χ1) is 7.70. The molecular formula is C14H30O2Si. The molecule has 0 amide bonds. The molecule has 0 saturated carbocycles. The molecule has 0 saturated heterocycles. The molecule has 0 aromatic carbocycles. The molecular weight excluding hydrogens is 228 g/mol. The van der Waals surface area contributed by atoms with Crippen molar-refractivity contribution in [1.29, 1.82) is 0 Å². The van der Waals surface area contributed by atoms with E-state index in [-0.39, 0.29) is 5.41 Å². The highest BCUT2D eigenvalue weighted by Gasteiger charge is 2.36. The van der Waals surface area contributed by atoms with Crippen LogP contribution in [0.1, 0.15) is 41.0 Å². The second-order valence-electron chi connectivity index (χ2n) is 6.02. The zero-order valence-electron chi connectivity index (χ0n) is 12.9. The predicted molar refractivity (Wildman–Crippen MR) is 77.7 cm³/mol. The standard InChI is InChI=1S/C14H30O2Si/c1-9-14(4,5)12(17(6,7)8)13(15-10-2)16-11-3/h9-11H2,1-8H3. The summed E-state index contributed by atoms with van der Waals surface area (Å²) in [5.74, 6) is 0.793. The Balaban J connectivity index is 5.60. The van der Waals surface area contributed by atoms with E-state index in [9.17, 15) is 0 Å². The summed E-state index contributed by atoms with van der Waals surface area (Å²) in [4.78, 5) is 0. The molecule has 0 heterocycles. The van der Waals surface area contributed by atoms with Gasteiger partial charge in [0.2, 0.25) is 0 Å². The maximum absolute atomic E-state index is 5.75. The van der Waals surface area contributed by atoms with E-state index in [1.165, 1.54) is 5.20 Å². The van der Waals surface area contributed by atoms with Gasteiger partial charge in [0, 0.05) is 5.20 Å². The van der Waals surface area contributed by atoms with Gasteiger partial charge in [0.25, 0.3) is 5.95 Å². The Morgan fingerprint density at radius 1 is 0.941 bits per heavy atom. The first kappa shape index (κ1) is 16.6. The summed E-state index contributed by atoms with van der Waals surface area (Å²) >= 11 is 0. The lowest BCUT2D eigenvalue weighted by Crippen LogP contribution is -2.36. The Labute approximate surface area is 108 Å². The van der Waals surface area contributed by atoms with E-state index in [4.69, 9.17) is 9.47 Å². The van der Waals surface area contributed by atoms with Crippen LogP contribution in [0.5, 0.6) is 0 Å². The topological polar surface area (TPSA) is 18.5 Å². The molecule has 0 aliphatic carbocycles. The minimum Gasteiger partial charge on any atom is -0.466 e. The first-order valence-electron chi connectivity index (χ1n) is 6.71. The highest BCUT2D eigenvalue weighted by molar-refractivity contribution is 6.83. The van der Waals surface area contributed by atoms with Crippen LogP contribution in [0.4, 0.5) is 0 Å². The average Bonchev–Trinajstić information content (AvgIpc) is 2.16. The summed E-state index contributed by atoms with van der Waals surface area (Å²) in [5, 5.41) is 1.41. The quantitative estimate of drug-likeness (QED) is 0.491. The lowest BCUT2D eigenvalue weighted by atomic mass is 9.90. The van der Waals surface area contributed by atoms with Crippen LogP contribution in [-0.2, 0) is 9.47 Å². The molecule has 0 aromatic heterocycles. The number of hydrogen-bond donors (Lipinski definition) is 0. The summed E-state index contributed by atoms with van der Waals surface area (Å²) in [7, 11) is -1.45. The molecule has 0 radical (unpaired) electrons. The van der Waals surface area contributed by atoms with E-state index in [0.29, 0.717) is 13.2 Å². The Morgan fingerprint density at radius 2 is 1.35 bits per heavy atom. The van der Waals surface area contributed by atoms with Crippen LogP contribution in [0, 0.1) is 5.41 Å². The fourth-order valence-electron chi connectivity index (χ4n) is 2.22. The van der Waals surface area contributed by atoms with Crippen molar-refractivity contribution in [2.75, 3.05) is 13.2 Å². The van der Waals surface area contributed by atoms with Gasteiger partial charge in [-0.2, -0.15) is 0 Å². The third-order valence-corrected chi connectivity index (χ3v) is 5.45. The molecule has 0 rings (SSSR count).